The van der Waals surface area contributed by atoms with Crippen LogP contribution in [0.3, 0.4) is 0 Å². The summed E-state index contributed by atoms with van der Waals surface area (Å²) >= 11 is 0. The summed E-state index contributed by atoms with van der Waals surface area (Å²) in [5.74, 6) is 0.0103. The van der Waals surface area contributed by atoms with Gasteiger partial charge in [0, 0.05) is 35.6 Å². The van der Waals surface area contributed by atoms with Gasteiger partial charge in [0.05, 0.1) is 22.5 Å². The molecule has 0 saturated heterocycles. The summed E-state index contributed by atoms with van der Waals surface area (Å²) in [4.78, 5) is 4.02. The molecule has 0 aliphatic carbocycles. The largest absolute Gasteiger partial charge is 0.416 e. The Labute approximate surface area is 141 Å². The zero-order valence-electron chi connectivity index (χ0n) is 12.9. The summed E-state index contributed by atoms with van der Waals surface area (Å²) in [5.41, 5.74) is 11.0. The van der Waals surface area contributed by atoms with E-state index >= 15 is 0 Å². The van der Waals surface area contributed by atoms with E-state index in [9.17, 15) is 13.2 Å². The minimum atomic E-state index is -4.48. The van der Waals surface area contributed by atoms with Crippen LogP contribution in [0.4, 0.5) is 18.9 Å². The molecular formula is C16H15F3N6. The first-order chi connectivity index (χ1) is 11.8. The molecule has 0 aliphatic heterocycles. The van der Waals surface area contributed by atoms with E-state index in [0.29, 0.717) is 11.2 Å². The molecule has 0 amide bonds. The number of benzene rings is 1. The second-order valence-electron chi connectivity index (χ2n) is 4.99. The molecule has 25 heavy (non-hydrogen) atoms. The zero-order chi connectivity index (χ0) is 18.6. The fraction of sp³-hybridized carbons (Fsp3) is 0.0625. The van der Waals surface area contributed by atoms with Crippen LogP contribution in [0.1, 0.15) is 5.56 Å². The first-order valence-corrected chi connectivity index (χ1v) is 6.97. The second kappa shape index (κ2) is 7.04. The Bertz CT molecular complexity index is 883. The van der Waals surface area contributed by atoms with Gasteiger partial charge in [-0.05, 0) is 24.3 Å². The fourth-order valence-electron chi connectivity index (χ4n) is 2.08. The van der Waals surface area contributed by atoms with Crippen LogP contribution in [0, 0.1) is 10.8 Å². The molecule has 0 bridgehead atoms. The third-order valence-corrected chi connectivity index (χ3v) is 3.29. The topological polar surface area (TPSA) is 125 Å². The number of aromatic nitrogens is 1. The summed E-state index contributed by atoms with van der Waals surface area (Å²) in [6.45, 7) is 0. The van der Waals surface area contributed by atoms with Gasteiger partial charge in [0.25, 0.3) is 0 Å². The molecule has 0 fully saturated rings. The first kappa shape index (κ1) is 18.0. The van der Waals surface area contributed by atoms with Gasteiger partial charge in [0.15, 0.2) is 0 Å². The summed E-state index contributed by atoms with van der Waals surface area (Å²) in [6.07, 6.45) is 0.138. The summed E-state index contributed by atoms with van der Waals surface area (Å²) in [6, 6.07) is 4.68. The number of halogens is 3. The van der Waals surface area contributed by atoms with Gasteiger partial charge in [-0.25, -0.2) is 0 Å². The van der Waals surface area contributed by atoms with E-state index in [-0.39, 0.29) is 22.5 Å². The highest BCUT2D eigenvalue weighted by molar-refractivity contribution is 6.19. The predicted octanol–water partition coefficient (Wildman–Crippen LogP) is 2.98. The molecular weight excluding hydrogens is 333 g/mol. The smallest absolute Gasteiger partial charge is 0.404 e. The van der Waals surface area contributed by atoms with Gasteiger partial charge in [-0.3, -0.25) is 4.98 Å². The molecule has 2 aromatic rings. The van der Waals surface area contributed by atoms with E-state index in [0.717, 1.165) is 24.5 Å². The number of alkyl halides is 3. The lowest BCUT2D eigenvalue weighted by atomic mass is 10.1. The Morgan fingerprint density at radius 2 is 1.96 bits per heavy atom. The van der Waals surface area contributed by atoms with Gasteiger partial charge in [0.1, 0.15) is 5.82 Å². The molecule has 0 atom stereocenters. The Morgan fingerprint density at radius 3 is 2.56 bits per heavy atom. The van der Waals surface area contributed by atoms with Crippen molar-refractivity contribution in [2.24, 2.45) is 11.5 Å². The second-order valence-corrected chi connectivity index (χ2v) is 4.99. The van der Waals surface area contributed by atoms with Gasteiger partial charge in [0.2, 0.25) is 0 Å². The Morgan fingerprint density at radius 1 is 1.24 bits per heavy atom. The predicted molar refractivity (Wildman–Crippen MR) is 91.4 cm³/mol. The normalized spacial score (nSPS) is 12.9. The van der Waals surface area contributed by atoms with Crippen molar-refractivity contribution in [3.05, 3.63) is 59.7 Å². The number of nitrogens with two attached hydrogens (primary N) is 2. The summed E-state index contributed by atoms with van der Waals surface area (Å²) in [5, 5.41) is 17.9. The molecule has 7 N–H and O–H groups in total. The number of nitrogens with zero attached hydrogens (tertiary/aromatic N) is 1. The maximum Gasteiger partial charge on any atom is 0.416 e. The van der Waals surface area contributed by atoms with Gasteiger partial charge in [-0.2, -0.15) is 13.2 Å². The molecule has 0 aliphatic rings. The van der Waals surface area contributed by atoms with Crippen molar-refractivity contribution < 1.29 is 13.2 Å². The highest BCUT2D eigenvalue weighted by atomic mass is 19.4. The van der Waals surface area contributed by atoms with Crippen LogP contribution in [0.25, 0.3) is 10.9 Å². The van der Waals surface area contributed by atoms with E-state index in [2.05, 4.69) is 10.3 Å². The molecule has 0 spiro atoms. The number of hydrogen-bond donors (Lipinski definition) is 5. The molecule has 9 heteroatoms. The Balaban J connectivity index is 2.41. The lowest BCUT2D eigenvalue weighted by molar-refractivity contribution is -0.137. The fourth-order valence-corrected chi connectivity index (χ4v) is 2.08. The standard InChI is InChI=1S/C16H15F3N6/c17-16(18,19)10-1-2-13-11(5-10)14(3-4-24-13)25-15(23)6-12(22)9(7-20)8-21/h1-8,20,22H,21,23H2,(H,24,25)/b9-8+,15-6+,20-7?,22-12?. The molecule has 6 nitrogen and oxygen atoms in total. The lowest BCUT2D eigenvalue weighted by Gasteiger charge is -2.12. The molecule has 1 heterocycles. The Kier molecular flexibility index (Phi) is 5.06. The average molecular weight is 348 g/mol. The Hall–Kier alpha value is -3.36. The number of pyridine rings is 1. The van der Waals surface area contributed by atoms with Crippen molar-refractivity contribution in [3.8, 4) is 0 Å². The number of rotatable bonds is 5. The number of allylic oxidation sites excluding steroid dienone is 2. The highest BCUT2D eigenvalue weighted by Gasteiger charge is 2.30. The quantitative estimate of drug-likeness (QED) is 0.533. The molecule has 0 saturated carbocycles. The lowest BCUT2D eigenvalue weighted by Crippen LogP contribution is -2.13. The molecule has 2 rings (SSSR count). The highest BCUT2D eigenvalue weighted by Crippen LogP contribution is 2.33. The van der Waals surface area contributed by atoms with Crippen molar-refractivity contribution in [3.63, 3.8) is 0 Å². The SMILES string of the molecule is N=C/C(=C\N)C(=N)/C=C(\N)Nc1ccnc2ccc(C(F)(F)F)cc12. The molecule has 0 unspecified atom stereocenters. The zero-order valence-corrected chi connectivity index (χ0v) is 12.9. The van der Waals surface area contributed by atoms with Crippen molar-refractivity contribution >= 4 is 28.5 Å². The van der Waals surface area contributed by atoms with E-state index in [1.807, 2.05) is 0 Å². The summed E-state index contributed by atoms with van der Waals surface area (Å²) in [7, 11) is 0. The first-order valence-electron chi connectivity index (χ1n) is 6.97. The number of fused-ring (bicyclic) bond motifs is 1. The third kappa shape index (κ3) is 4.14. The molecule has 0 radical (unpaired) electrons. The van der Waals surface area contributed by atoms with Crippen molar-refractivity contribution in [2.75, 3.05) is 5.32 Å². The van der Waals surface area contributed by atoms with Crippen LogP contribution >= 0.6 is 0 Å². The van der Waals surface area contributed by atoms with Crippen LogP contribution < -0.4 is 16.8 Å². The van der Waals surface area contributed by atoms with Crippen molar-refractivity contribution in [2.45, 2.75) is 6.18 Å². The van der Waals surface area contributed by atoms with Crippen LogP contribution in [-0.4, -0.2) is 16.9 Å². The number of hydrogen-bond acceptors (Lipinski definition) is 6. The average Bonchev–Trinajstić information content (AvgIpc) is 2.55. The van der Waals surface area contributed by atoms with E-state index < -0.39 is 11.7 Å². The van der Waals surface area contributed by atoms with Gasteiger partial charge >= 0.3 is 6.18 Å². The summed E-state index contributed by atoms with van der Waals surface area (Å²) < 4.78 is 38.7. The van der Waals surface area contributed by atoms with E-state index in [1.165, 1.54) is 24.4 Å². The van der Waals surface area contributed by atoms with Gasteiger partial charge in [-0.1, -0.05) is 0 Å². The number of nitrogens with one attached hydrogen (secondary N) is 3. The van der Waals surface area contributed by atoms with Gasteiger partial charge < -0.3 is 27.6 Å². The van der Waals surface area contributed by atoms with Crippen LogP contribution in [0.2, 0.25) is 0 Å². The van der Waals surface area contributed by atoms with Crippen molar-refractivity contribution in [1.29, 1.82) is 10.8 Å². The third-order valence-electron chi connectivity index (χ3n) is 3.29. The molecule has 130 valence electrons. The van der Waals surface area contributed by atoms with E-state index in [1.54, 1.807) is 0 Å². The maximum absolute atomic E-state index is 12.9. The van der Waals surface area contributed by atoms with Crippen LogP contribution in [0.5, 0.6) is 0 Å². The monoisotopic (exact) mass is 348 g/mol. The van der Waals surface area contributed by atoms with Crippen LogP contribution in [0.15, 0.2) is 54.1 Å². The molecule has 1 aromatic heterocycles. The maximum atomic E-state index is 12.9. The minimum absolute atomic E-state index is 0.0103. The minimum Gasteiger partial charge on any atom is -0.404 e. The number of anilines is 1. The van der Waals surface area contributed by atoms with Crippen molar-refractivity contribution in [1.82, 2.24) is 4.98 Å². The van der Waals surface area contributed by atoms with Crippen LogP contribution in [-0.2, 0) is 6.18 Å². The van der Waals surface area contributed by atoms with E-state index in [4.69, 9.17) is 22.3 Å². The molecule has 1 aromatic carbocycles. The van der Waals surface area contributed by atoms with Gasteiger partial charge in [-0.15, -0.1) is 0 Å².